The zero-order valence-electron chi connectivity index (χ0n) is 11.5. The van der Waals surface area contributed by atoms with Gasteiger partial charge in [0.25, 0.3) is 0 Å². The van der Waals surface area contributed by atoms with Crippen molar-refractivity contribution in [3.05, 3.63) is 64.8 Å². The third-order valence-corrected chi connectivity index (χ3v) is 4.01. The Labute approximate surface area is 136 Å². The zero-order valence-corrected chi connectivity index (χ0v) is 13.1. The molecule has 0 saturated carbocycles. The second-order valence-corrected chi connectivity index (χ2v) is 5.92. The van der Waals surface area contributed by atoms with Gasteiger partial charge in [0.05, 0.1) is 12.1 Å². The van der Waals surface area contributed by atoms with Crippen molar-refractivity contribution in [3.63, 3.8) is 0 Å². The van der Waals surface area contributed by atoms with Crippen LogP contribution in [-0.4, -0.2) is 15.9 Å². The highest BCUT2D eigenvalue weighted by Crippen LogP contribution is 2.24. The van der Waals surface area contributed by atoms with E-state index >= 15 is 0 Å². The molecule has 0 aliphatic carbocycles. The summed E-state index contributed by atoms with van der Waals surface area (Å²) in [4.78, 5) is 20.4. The highest BCUT2D eigenvalue weighted by Gasteiger charge is 2.08. The quantitative estimate of drug-likeness (QED) is 0.786. The normalized spacial score (nSPS) is 10.4. The summed E-state index contributed by atoms with van der Waals surface area (Å²) in [5.74, 6) is -0.0991. The molecule has 0 fully saturated rings. The van der Waals surface area contributed by atoms with Gasteiger partial charge in [0.2, 0.25) is 5.91 Å². The van der Waals surface area contributed by atoms with Crippen LogP contribution in [-0.2, 0) is 11.2 Å². The number of hydrogen-bond donors (Lipinski definition) is 1. The van der Waals surface area contributed by atoms with Crippen molar-refractivity contribution in [2.45, 2.75) is 6.42 Å². The number of thiazole rings is 1. The molecule has 1 amide bonds. The van der Waals surface area contributed by atoms with Gasteiger partial charge in [0.15, 0.2) is 5.13 Å². The van der Waals surface area contributed by atoms with Crippen LogP contribution in [0.25, 0.3) is 11.3 Å². The zero-order chi connectivity index (χ0) is 15.4. The number of aromatic nitrogens is 2. The fourth-order valence-electron chi connectivity index (χ4n) is 1.94. The van der Waals surface area contributed by atoms with Crippen molar-refractivity contribution >= 4 is 34.0 Å². The maximum atomic E-state index is 12.0. The number of halogens is 1. The molecule has 0 unspecified atom stereocenters. The lowest BCUT2D eigenvalue weighted by molar-refractivity contribution is -0.115. The maximum Gasteiger partial charge on any atom is 0.230 e. The molecule has 0 atom stereocenters. The molecule has 110 valence electrons. The number of rotatable bonds is 4. The summed E-state index contributed by atoms with van der Waals surface area (Å²) < 4.78 is 0. The van der Waals surface area contributed by atoms with Crippen molar-refractivity contribution in [1.29, 1.82) is 0 Å². The molecule has 3 aromatic rings. The van der Waals surface area contributed by atoms with Gasteiger partial charge in [0.1, 0.15) is 0 Å². The van der Waals surface area contributed by atoms with Gasteiger partial charge in [-0.2, -0.15) is 0 Å². The predicted molar refractivity (Wildman–Crippen MR) is 89.1 cm³/mol. The molecule has 1 N–H and O–H groups in total. The van der Waals surface area contributed by atoms with Crippen LogP contribution in [0.1, 0.15) is 5.56 Å². The molecule has 6 heteroatoms. The Bertz CT molecular complexity index is 772. The number of anilines is 1. The smallest absolute Gasteiger partial charge is 0.230 e. The van der Waals surface area contributed by atoms with Crippen LogP contribution in [0, 0.1) is 0 Å². The van der Waals surface area contributed by atoms with E-state index in [1.807, 2.05) is 29.6 Å². The first-order valence-electron chi connectivity index (χ1n) is 6.61. The Morgan fingerprint density at radius 2 is 1.86 bits per heavy atom. The molecule has 0 bridgehead atoms. The van der Waals surface area contributed by atoms with Crippen molar-refractivity contribution in [1.82, 2.24) is 9.97 Å². The molecule has 2 heterocycles. The lowest BCUT2D eigenvalue weighted by atomic mass is 10.1. The molecule has 3 rings (SSSR count). The minimum atomic E-state index is -0.0991. The third-order valence-electron chi connectivity index (χ3n) is 3.00. The molecule has 2 aromatic heterocycles. The van der Waals surface area contributed by atoms with Crippen molar-refractivity contribution in [2.75, 3.05) is 5.32 Å². The molecule has 1 aromatic carbocycles. The van der Waals surface area contributed by atoms with Gasteiger partial charge in [0, 0.05) is 28.4 Å². The molecule has 4 nitrogen and oxygen atoms in total. The molecule has 22 heavy (non-hydrogen) atoms. The average Bonchev–Trinajstić information content (AvgIpc) is 2.99. The van der Waals surface area contributed by atoms with E-state index in [-0.39, 0.29) is 5.91 Å². The maximum absolute atomic E-state index is 12.0. The highest BCUT2D eigenvalue weighted by molar-refractivity contribution is 7.14. The summed E-state index contributed by atoms with van der Waals surface area (Å²) in [5, 5.41) is 5.97. The van der Waals surface area contributed by atoms with E-state index in [4.69, 9.17) is 11.6 Å². The number of nitrogens with zero attached hydrogens (tertiary/aromatic N) is 2. The molecular weight excluding hydrogens is 318 g/mol. The molecule has 0 radical (unpaired) electrons. The Morgan fingerprint density at radius 1 is 1.14 bits per heavy atom. The van der Waals surface area contributed by atoms with Gasteiger partial charge in [-0.25, -0.2) is 4.98 Å². The summed E-state index contributed by atoms with van der Waals surface area (Å²) in [7, 11) is 0. The summed E-state index contributed by atoms with van der Waals surface area (Å²) in [6, 6.07) is 11.0. The lowest BCUT2D eigenvalue weighted by Gasteiger charge is -2.02. The lowest BCUT2D eigenvalue weighted by Crippen LogP contribution is -2.14. The topological polar surface area (TPSA) is 54.9 Å². The number of carbonyl (C=O) groups is 1. The average molecular weight is 330 g/mol. The van der Waals surface area contributed by atoms with Crippen molar-refractivity contribution < 1.29 is 4.79 Å². The summed E-state index contributed by atoms with van der Waals surface area (Å²) in [6.07, 6.45) is 3.72. The number of carbonyl (C=O) groups excluding carboxylic acids is 1. The van der Waals surface area contributed by atoms with Crippen molar-refractivity contribution in [2.24, 2.45) is 0 Å². The van der Waals surface area contributed by atoms with Gasteiger partial charge in [-0.1, -0.05) is 23.7 Å². The first-order valence-corrected chi connectivity index (χ1v) is 7.87. The monoisotopic (exact) mass is 329 g/mol. The molecule has 0 spiro atoms. The van der Waals surface area contributed by atoms with E-state index in [0.29, 0.717) is 16.6 Å². The molecular formula is C16H12ClN3OS. The Hall–Kier alpha value is -2.24. The van der Waals surface area contributed by atoms with Gasteiger partial charge in [-0.15, -0.1) is 11.3 Å². The van der Waals surface area contributed by atoms with Crippen LogP contribution in [0.2, 0.25) is 5.02 Å². The Kier molecular flexibility index (Phi) is 4.46. The van der Waals surface area contributed by atoms with Crippen molar-refractivity contribution in [3.8, 4) is 11.3 Å². The first-order chi connectivity index (χ1) is 10.7. The number of nitrogens with one attached hydrogen (secondary N) is 1. The van der Waals surface area contributed by atoms with Crippen LogP contribution in [0.15, 0.2) is 54.2 Å². The predicted octanol–water partition coefficient (Wildman–Crippen LogP) is 4.04. The van der Waals surface area contributed by atoms with Gasteiger partial charge in [-0.3, -0.25) is 9.78 Å². The molecule has 0 aliphatic heterocycles. The van der Waals surface area contributed by atoms with Gasteiger partial charge < -0.3 is 5.32 Å². The number of pyridine rings is 1. The van der Waals surface area contributed by atoms with E-state index in [0.717, 1.165) is 16.8 Å². The second kappa shape index (κ2) is 6.68. The fraction of sp³-hybridized carbons (Fsp3) is 0.0625. The molecule has 0 aliphatic rings. The summed E-state index contributed by atoms with van der Waals surface area (Å²) in [6.45, 7) is 0. The van der Waals surface area contributed by atoms with Crippen LogP contribution in [0.3, 0.4) is 0 Å². The summed E-state index contributed by atoms with van der Waals surface area (Å²) in [5.41, 5.74) is 2.71. The van der Waals surface area contributed by atoms with Gasteiger partial charge >= 0.3 is 0 Å². The Balaban J connectivity index is 1.65. The van der Waals surface area contributed by atoms with E-state index in [1.54, 1.807) is 24.5 Å². The molecule has 0 saturated heterocycles. The van der Waals surface area contributed by atoms with Crippen LogP contribution in [0.4, 0.5) is 5.13 Å². The number of hydrogen-bond acceptors (Lipinski definition) is 4. The summed E-state index contributed by atoms with van der Waals surface area (Å²) >= 11 is 7.23. The number of amides is 1. The third kappa shape index (κ3) is 3.69. The fourth-order valence-corrected chi connectivity index (χ4v) is 2.80. The van der Waals surface area contributed by atoms with Gasteiger partial charge in [-0.05, 0) is 29.8 Å². The minimum Gasteiger partial charge on any atom is -0.302 e. The minimum absolute atomic E-state index is 0.0991. The van der Waals surface area contributed by atoms with E-state index in [2.05, 4.69) is 15.3 Å². The standard InChI is InChI=1S/C16H12ClN3OS/c17-13-3-1-11(2-4-13)9-15(21)20-16-19-14(10-22-16)12-5-7-18-8-6-12/h1-8,10H,9H2,(H,19,20,21). The Morgan fingerprint density at radius 3 is 2.59 bits per heavy atom. The van der Waals surface area contributed by atoms with Crippen LogP contribution in [0.5, 0.6) is 0 Å². The SMILES string of the molecule is O=C(Cc1ccc(Cl)cc1)Nc1nc(-c2ccncc2)cs1. The van der Waals surface area contributed by atoms with E-state index in [1.165, 1.54) is 11.3 Å². The van der Waals surface area contributed by atoms with E-state index in [9.17, 15) is 4.79 Å². The van der Waals surface area contributed by atoms with Crippen LogP contribution >= 0.6 is 22.9 Å². The second-order valence-electron chi connectivity index (χ2n) is 4.63. The first kappa shape index (κ1) is 14.7. The van der Waals surface area contributed by atoms with Crippen LogP contribution < -0.4 is 5.32 Å². The van der Waals surface area contributed by atoms with E-state index < -0.39 is 0 Å². The highest BCUT2D eigenvalue weighted by atomic mass is 35.5. The number of benzene rings is 1. The largest absolute Gasteiger partial charge is 0.302 e.